The quantitative estimate of drug-likeness (QED) is 0.607. The topological polar surface area (TPSA) is 89.9 Å². The molecule has 0 amide bonds. The predicted molar refractivity (Wildman–Crippen MR) is 99.5 cm³/mol. The standard InChI is InChI=1S/C21H26O6/c1-4-26-19(23)17-15(12-11-14-9-7-6-8-10-14)18(20(24)27-5-2)21(3,25)13-16(17)22/h6-12,15,17-18,25H,4-5,13H2,1-3H3/b12-11+/t15-,17-,18-,21+/m0/s1. The van der Waals surface area contributed by atoms with Gasteiger partial charge in [-0.25, -0.2) is 0 Å². The molecule has 27 heavy (non-hydrogen) atoms. The Labute approximate surface area is 159 Å². The van der Waals surface area contributed by atoms with Gasteiger partial charge in [-0.15, -0.1) is 0 Å². The zero-order chi connectivity index (χ0) is 20.0. The van der Waals surface area contributed by atoms with Crippen molar-refractivity contribution in [3.05, 3.63) is 42.0 Å². The highest BCUT2D eigenvalue weighted by molar-refractivity contribution is 6.02. The van der Waals surface area contributed by atoms with Crippen LogP contribution in [0.5, 0.6) is 0 Å². The molecule has 1 aromatic carbocycles. The van der Waals surface area contributed by atoms with Crippen molar-refractivity contribution >= 4 is 23.8 Å². The first-order chi connectivity index (χ1) is 12.8. The van der Waals surface area contributed by atoms with Crippen molar-refractivity contribution in [2.24, 2.45) is 17.8 Å². The van der Waals surface area contributed by atoms with Gasteiger partial charge in [0, 0.05) is 12.3 Å². The average Bonchev–Trinajstić information content (AvgIpc) is 2.59. The maximum absolute atomic E-state index is 12.6. The lowest BCUT2D eigenvalue weighted by molar-refractivity contribution is -0.174. The predicted octanol–water partition coefficient (Wildman–Crippen LogP) is 2.40. The number of benzene rings is 1. The number of carbonyl (C=O) groups excluding carboxylic acids is 3. The number of hydrogen-bond donors (Lipinski definition) is 1. The summed E-state index contributed by atoms with van der Waals surface area (Å²) in [4.78, 5) is 37.7. The van der Waals surface area contributed by atoms with Crippen LogP contribution >= 0.6 is 0 Å². The summed E-state index contributed by atoms with van der Waals surface area (Å²) in [5.41, 5.74) is -0.765. The number of allylic oxidation sites excluding steroid dienone is 1. The Morgan fingerprint density at radius 2 is 1.74 bits per heavy atom. The van der Waals surface area contributed by atoms with Gasteiger partial charge >= 0.3 is 11.9 Å². The molecule has 1 aromatic rings. The summed E-state index contributed by atoms with van der Waals surface area (Å²) in [5.74, 6) is -4.83. The van der Waals surface area contributed by atoms with Crippen molar-refractivity contribution < 1.29 is 29.0 Å². The average molecular weight is 374 g/mol. The van der Waals surface area contributed by atoms with Crippen LogP contribution in [0.15, 0.2) is 36.4 Å². The lowest BCUT2D eigenvalue weighted by Crippen LogP contribution is -2.55. The molecule has 0 saturated heterocycles. The summed E-state index contributed by atoms with van der Waals surface area (Å²) >= 11 is 0. The molecule has 0 aliphatic heterocycles. The molecule has 1 aliphatic rings. The van der Waals surface area contributed by atoms with Gasteiger partial charge in [-0.1, -0.05) is 42.5 Å². The Morgan fingerprint density at radius 3 is 2.33 bits per heavy atom. The Morgan fingerprint density at radius 1 is 1.15 bits per heavy atom. The molecule has 1 fully saturated rings. The fourth-order valence-corrected chi connectivity index (χ4v) is 3.57. The fraction of sp³-hybridized carbons (Fsp3) is 0.476. The highest BCUT2D eigenvalue weighted by Crippen LogP contribution is 2.42. The van der Waals surface area contributed by atoms with Gasteiger partial charge in [0.25, 0.3) is 0 Å². The smallest absolute Gasteiger partial charge is 0.317 e. The van der Waals surface area contributed by atoms with Gasteiger partial charge in [0.1, 0.15) is 5.92 Å². The largest absolute Gasteiger partial charge is 0.466 e. The summed E-state index contributed by atoms with van der Waals surface area (Å²) in [6.45, 7) is 5.01. The van der Waals surface area contributed by atoms with Crippen molar-refractivity contribution in [2.45, 2.75) is 32.8 Å². The minimum atomic E-state index is -1.61. The molecule has 1 N–H and O–H groups in total. The summed E-state index contributed by atoms with van der Waals surface area (Å²) < 4.78 is 10.2. The van der Waals surface area contributed by atoms with Gasteiger partial charge in [-0.3, -0.25) is 14.4 Å². The van der Waals surface area contributed by atoms with Crippen LogP contribution in [0.3, 0.4) is 0 Å². The molecule has 1 aliphatic carbocycles. The summed E-state index contributed by atoms with van der Waals surface area (Å²) in [6.07, 6.45) is 3.05. The van der Waals surface area contributed by atoms with Crippen molar-refractivity contribution in [1.82, 2.24) is 0 Å². The number of carbonyl (C=O) groups is 3. The number of rotatable bonds is 6. The normalized spacial score (nSPS) is 28.1. The Bertz CT molecular complexity index is 707. The van der Waals surface area contributed by atoms with E-state index in [1.54, 1.807) is 26.0 Å². The van der Waals surface area contributed by atoms with Crippen molar-refractivity contribution in [1.29, 1.82) is 0 Å². The second-order valence-corrected chi connectivity index (χ2v) is 6.81. The van der Waals surface area contributed by atoms with Gasteiger partial charge in [-0.05, 0) is 26.3 Å². The van der Waals surface area contributed by atoms with Crippen LogP contribution < -0.4 is 0 Å². The molecule has 6 nitrogen and oxygen atoms in total. The maximum atomic E-state index is 12.6. The second-order valence-electron chi connectivity index (χ2n) is 6.81. The molecule has 146 valence electrons. The highest BCUT2D eigenvalue weighted by atomic mass is 16.5. The third kappa shape index (κ3) is 4.83. The lowest BCUT2D eigenvalue weighted by Gasteiger charge is -2.42. The minimum Gasteiger partial charge on any atom is -0.466 e. The van der Waals surface area contributed by atoms with Crippen molar-refractivity contribution in [2.75, 3.05) is 13.2 Å². The third-order valence-electron chi connectivity index (χ3n) is 4.71. The van der Waals surface area contributed by atoms with Gasteiger partial charge in [-0.2, -0.15) is 0 Å². The molecule has 2 rings (SSSR count). The van der Waals surface area contributed by atoms with E-state index in [0.29, 0.717) is 0 Å². The van der Waals surface area contributed by atoms with E-state index >= 15 is 0 Å². The Balaban J connectivity index is 2.48. The number of Topliss-reactive ketones (excluding diaryl/α,β-unsaturated/α-hetero) is 1. The lowest BCUT2D eigenvalue weighted by atomic mass is 9.63. The molecule has 6 heteroatoms. The van der Waals surface area contributed by atoms with Crippen LogP contribution in [0.4, 0.5) is 0 Å². The van der Waals surface area contributed by atoms with E-state index in [0.717, 1.165) is 5.56 Å². The Hall–Kier alpha value is -2.47. The van der Waals surface area contributed by atoms with E-state index < -0.39 is 41.1 Å². The fourth-order valence-electron chi connectivity index (χ4n) is 3.57. The maximum Gasteiger partial charge on any atom is 0.317 e. The molecule has 4 atom stereocenters. The van der Waals surface area contributed by atoms with Crippen LogP contribution in [0, 0.1) is 17.8 Å². The molecule has 0 spiro atoms. The van der Waals surface area contributed by atoms with E-state index in [1.807, 2.05) is 30.3 Å². The van der Waals surface area contributed by atoms with Crippen LogP contribution in [-0.2, 0) is 23.9 Å². The van der Waals surface area contributed by atoms with Gasteiger partial charge in [0.2, 0.25) is 0 Å². The minimum absolute atomic E-state index is 0.123. The molecule has 0 heterocycles. The van der Waals surface area contributed by atoms with Crippen LogP contribution in [0.1, 0.15) is 32.8 Å². The molecule has 0 bridgehead atoms. The van der Waals surface area contributed by atoms with Crippen molar-refractivity contribution in [3.8, 4) is 0 Å². The summed E-state index contributed by atoms with van der Waals surface area (Å²) in [7, 11) is 0. The van der Waals surface area contributed by atoms with E-state index in [4.69, 9.17) is 9.47 Å². The SMILES string of the molecule is CCOC(=O)[C@@H]1C(=O)C[C@@](C)(O)[C@H](C(=O)OCC)[C@H]1/C=C/c1ccccc1. The molecular formula is C21H26O6. The molecular weight excluding hydrogens is 348 g/mol. The van der Waals surface area contributed by atoms with E-state index in [2.05, 4.69) is 0 Å². The molecule has 0 radical (unpaired) electrons. The zero-order valence-electron chi connectivity index (χ0n) is 15.9. The molecule has 0 aromatic heterocycles. The van der Waals surface area contributed by atoms with Crippen LogP contribution in [-0.4, -0.2) is 41.6 Å². The first-order valence-electron chi connectivity index (χ1n) is 9.13. The first kappa shape index (κ1) is 20.8. The second kappa shape index (κ2) is 8.95. The zero-order valence-corrected chi connectivity index (χ0v) is 15.9. The van der Waals surface area contributed by atoms with Gasteiger partial charge < -0.3 is 14.6 Å². The van der Waals surface area contributed by atoms with Crippen molar-refractivity contribution in [3.63, 3.8) is 0 Å². The first-order valence-corrected chi connectivity index (χ1v) is 9.13. The van der Waals surface area contributed by atoms with E-state index in [-0.39, 0.29) is 19.6 Å². The number of ketones is 1. The summed E-state index contributed by atoms with van der Waals surface area (Å²) in [6, 6.07) is 9.30. The molecule has 0 unspecified atom stereocenters. The highest BCUT2D eigenvalue weighted by Gasteiger charge is 2.55. The number of ether oxygens (including phenoxy) is 2. The monoisotopic (exact) mass is 374 g/mol. The molecule has 1 saturated carbocycles. The third-order valence-corrected chi connectivity index (χ3v) is 4.71. The van der Waals surface area contributed by atoms with Gasteiger partial charge in [0.05, 0.1) is 24.7 Å². The Kier molecular flexibility index (Phi) is 6.91. The van der Waals surface area contributed by atoms with Crippen LogP contribution in [0.25, 0.3) is 6.08 Å². The van der Waals surface area contributed by atoms with E-state index in [9.17, 15) is 19.5 Å². The number of hydrogen-bond acceptors (Lipinski definition) is 6. The summed E-state index contributed by atoms with van der Waals surface area (Å²) in [5, 5.41) is 10.8. The van der Waals surface area contributed by atoms with Crippen LogP contribution in [0.2, 0.25) is 0 Å². The van der Waals surface area contributed by atoms with Gasteiger partial charge in [0.15, 0.2) is 5.78 Å². The van der Waals surface area contributed by atoms with E-state index in [1.165, 1.54) is 6.92 Å². The number of aliphatic hydroxyl groups is 1. The number of esters is 2.